The normalized spacial score (nSPS) is 9.33. The molecule has 33 heavy (non-hydrogen) atoms. The first-order valence-electron chi connectivity index (χ1n) is 10.7. The van der Waals surface area contributed by atoms with Crippen LogP contribution in [0.15, 0.2) is 60.9 Å². The number of para-hydroxylation sites is 1. The molecule has 2 heterocycles. The maximum Gasteiger partial charge on any atom is 0.224 e. The highest BCUT2D eigenvalue weighted by Gasteiger charge is 2.11. The van der Waals surface area contributed by atoms with E-state index in [1.807, 2.05) is 68.8 Å². The molecule has 0 aliphatic heterocycles. The van der Waals surface area contributed by atoms with Crippen LogP contribution in [0.1, 0.15) is 27.7 Å². The van der Waals surface area contributed by atoms with Gasteiger partial charge in [0, 0.05) is 30.2 Å². The van der Waals surface area contributed by atoms with Gasteiger partial charge in [-0.2, -0.15) is 4.98 Å². The van der Waals surface area contributed by atoms with E-state index in [-0.39, 0.29) is 5.28 Å². The number of benzene rings is 2. The van der Waals surface area contributed by atoms with Gasteiger partial charge in [-0.3, -0.25) is 0 Å². The molecular formula is C25H33ClN4O3. The summed E-state index contributed by atoms with van der Waals surface area (Å²) in [7, 11) is 4.66. The molecule has 0 unspecified atom stereocenters. The molecular weight excluding hydrogens is 440 g/mol. The van der Waals surface area contributed by atoms with E-state index in [2.05, 4.69) is 16.0 Å². The summed E-state index contributed by atoms with van der Waals surface area (Å²) >= 11 is 5.78. The molecule has 0 atom stereocenters. The number of nitrogens with two attached hydrogens (primary N) is 1. The minimum atomic E-state index is 0.260. The third-order valence-electron chi connectivity index (χ3n) is 4.14. The van der Waals surface area contributed by atoms with E-state index in [0.717, 1.165) is 11.3 Å². The van der Waals surface area contributed by atoms with Gasteiger partial charge in [-0.1, -0.05) is 45.9 Å². The van der Waals surface area contributed by atoms with Crippen LogP contribution >= 0.6 is 11.6 Å². The van der Waals surface area contributed by atoms with Crippen LogP contribution in [0.2, 0.25) is 5.28 Å². The van der Waals surface area contributed by atoms with Crippen LogP contribution in [0.3, 0.4) is 0 Å². The van der Waals surface area contributed by atoms with Gasteiger partial charge in [0.05, 0.1) is 26.8 Å². The number of hydrogen-bond acceptors (Lipinski definition) is 6. The third kappa shape index (κ3) is 7.29. The smallest absolute Gasteiger partial charge is 0.224 e. The monoisotopic (exact) mass is 472 g/mol. The number of hydrogen-bond donors (Lipinski definition) is 1. The lowest BCUT2D eigenvalue weighted by molar-refractivity contribution is 0.325. The average molecular weight is 473 g/mol. The summed E-state index contributed by atoms with van der Waals surface area (Å²) in [5.74, 6) is 2.47. The predicted octanol–water partition coefficient (Wildman–Crippen LogP) is 6.42. The Balaban J connectivity index is 0.000000293. The number of methoxy groups -OCH3 is 3. The zero-order valence-corrected chi connectivity index (χ0v) is 21.1. The highest BCUT2D eigenvalue weighted by Crippen LogP contribution is 2.38. The van der Waals surface area contributed by atoms with Crippen molar-refractivity contribution in [3.63, 3.8) is 0 Å². The number of rotatable bonds is 4. The molecule has 0 amide bonds. The van der Waals surface area contributed by atoms with Gasteiger partial charge in [-0.05, 0) is 35.2 Å². The molecule has 2 aromatic carbocycles. The molecule has 7 nitrogen and oxygen atoms in total. The average Bonchev–Trinajstić information content (AvgIpc) is 3.30. The lowest BCUT2D eigenvalue weighted by Crippen LogP contribution is -1.96. The van der Waals surface area contributed by atoms with E-state index in [0.29, 0.717) is 22.9 Å². The Morgan fingerprint density at radius 3 is 2.00 bits per heavy atom. The Hall–Kier alpha value is -3.45. The fourth-order valence-electron chi connectivity index (χ4n) is 2.84. The first-order chi connectivity index (χ1) is 16.1. The van der Waals surface area contributed by atoms with Gasteiger partial charge in [0.1, 0.15) is 5.82 Å². The summed E-state index contributed by atoms with van der Waals surface area (Å²) in [6.45, 7) is 8.00. The lowest BCUT2D eigenvalue weighted by atomic mass is 10.2. The van der Waals surface area contributed by atoms with E-state index in [4.69, 9.17) is 31.5 Å². The van der Waals surface area contributed by atoms with E-state index in [1.165, 1.54) is 5.39 Å². The van der Waals surface area contributed by atoms with Crippen LogP contribution in [-0.2, 0) is 0 Å². The maximum absolute atomic E-state index is 5.78. The summed E-state index contributed by atoms with van der Waals surface area (Å²) in [4.78, 5) is 8.05. The lowest BCUT2D eigenvalue weighted by Gasteiger charge is -2.12. The standard InChI is InChI=1S/C12H8ClN3.C9H13NO3.2C2H6/c13-12-14-7-5-11(15-12)16-8-6-9-3-1-2-4-10(9)16;1-11-7-4-6(10)5-8(12-2)9(7)13-3;2*1-2/h1-8H;4-5H,10H2,1-3H3;2*1-2H3. The Bertz CT molecular complexity index is 1090. The van der Waals surface area contributed by atoms with Crippen molar-refractivity contribution in [1.29, 1.82) is 0 Å². The second-order valence-electron chi connectivity index (χ2n) is 5.89. The second-order valence-corrected chi connectivity index (χ2v) is 6.23. The predicted molar refractivity (Wildman–Crippen MR) is 137 cm³/mol. The minimum Gasteiger partial charge on any atom is -0.493 e. The van der Waals surface area contributed by atoms with Crippen LogP contribution in [0, 0.1) is 0 Å². The largest absolute Gasteiger partial charge is 0.493 e. The molecule has 4 aromatic rings. The molecule has 0 aliphatic carbocycles. The number of anilines is 1. The number of fused-ring (bicyclic) bond motifs is 1. The summed E-state index contributed by atoms with van der Waals surface area (Å²) in [5.41, 5.74) is 7.31. The van der Waals surface area contributed by atoms with Crippen molar-refractivity contribution in [3.8, 4) is 23.1 Å². The van der Waals surface area contributed by atoms with Crippen LogP contribution in [0.25, 0.3) is 16.7 Å². The van der Waals surface area contributed by atoms with Crippen molar-refractivity contribution in [2.75, 3.05) is 27.1 Å². The molecule has 0 aliphatic rings. The summed E-state index contributed by atoms with van der Waals surface area (Å²) < 4.78 is 17.2. The molecule has 0 bridgehead atoms. The zero-order chi connectivity index (χ0) is 24.8. The quantitative estimate of drug-likeness (QED) is 0.272. The fraction of sp³-hybridized carbons (Fsp3) is 0.280. The molecule has 8 heteroatoms. The van der Waals surface area contributed by atoms with Gasteiger partial charge < -0.3 is 24.5 Å². The SMILES string of the molecule is CC.CC.COc1cc(N)cc(OC)c1OC.Clc1nccc(-n2ccc3ccccc32)n1. The van der Waals surface area contributed by atoms with Gasteiger partial charge in [0.2, 0.25) is 11.0 Å². The molecule has 0 fully saturated rings. The van der Waals surface area contributed by atoms with Crippen LogP contribution in [0.4, 0.5) is 5.69 Å². The van der Waals surface area contributed by atoms with Crippen molar-refractivity contribution in [1.82, 2.24) is 14.5 Å². The summed E-state index contributed by atoms with van der Waals surface area (Å²) in [6, 6.07) is 15.4. The van der Waals surface area contributed by atoms with Crippen molar-refractivity contribution >= 4 is 28.2 Å². The molecule has 0 spiro atoms. The van der Waals surface area contributed by atoms with Crippen LogP contribution in [-0.4, -0.2) is 35.9 Å². The van der Waals surface area contributed by atoms with Gasteiger partial charge in [-0.25, -0.2) is 4.98 Å². The number of ether oxygens (including phenoxy) is 3. The van der Waals surface area contributed by atoms with Gasteiger partial charge in [0.25, 0.3) is 0 Å². The molecule has 4 rings (SSSR count). The zero-order valence-electron chi connectivity index (χ0n) is 20.3. The van der Waals surface area contributed by atoms with E-state index >= 15 is 0 Å². The molecule has 2 N–H and O–H groups in total. The van der Waals surface area contributed by atoms with Crippen molar-refractivity contribution in [2.24, 2.45) is 0 Å². The topological polar surface area (TPSA) is 84.4 Å². The molecule has 0 radical (unpaired) electrons. The summed E-state index contributed by atoms with van der Waals surface area (Å²) in [5, 5.41) is 1.44. The highest BCUT2D eigenvalue weighted by molar-refractivity contribution is 6.28. The van der Waals surface area contributed by atoms with Crippen LogP contribution in [0.5, 0.6) is 17.2 Å². The Labute approximate surface area is 201 Å². The van der Waals surface area contributed by atoms with Gasteiger partial charge in [-0.15, -0.1) is 0 Å². The van der Waals surface area contributed by atoms with E-state index < -0.39 is 0 Å². The Kier molecular flexibility index (Phi) is 12.2. The summed E-state index contributed by atoms with van der Waals surface area (Å²) in [6.07, 6.45) is 3.63. The molecule has 0 saturated carbocycles. The Morgan fingerprint density at radius 1 is 0.848 bits per heavy atom. The van der Waals surface area contributed by atoms with Gasteiger partial charge >= 0.3 is 0 Å². The Morgan fingerprint density at radius 2 is 1.45 bits per heavy atom. The number of nitrogens with zero attached hydrogens (tertiary/aromatic N) is 3. The molecule has 0 saturated heterocycles. The van der Waals surface area contributed by atoms with Gasteiger partial charge in [0.15, 0.2) is 11.5 Å². The minimum absolute atomic E-state index is 0.260. The fourth-order valence-corrected chi connectivity index (χ4v) is 2.99. The first-order valence-corrected chi connectivity index (χ1v) is 11.1. The number of nitrogen functional groups attached to an aromatic ring is 1. The van der Waals surface area contributed by atoms with E-state index in [1.54, 1.807) is 39.7 Å². The number of halogens is 1. The highest BCUT2D eigenvalue weighted by atomic mass is 35.5. The van der Waals surface area contributed by atoms with Crippen molar-refractivity contribution in [2.45, 2.75) is 27.7 Å². The van der Waals surface area contributed by atoms with Crippen LogP contribution < -0.4 is 19.9 Å². The number of aromatic nitrogens is 3. The molecule has 2 aromatic heterocycles. The van der Waals surface area contributed by atoms with Crippen molar-refractivity contribution in [3.05, 3.63) is 66.2 Å². The van der Waals surface area contributed by atoms with Crippen molar-refractivity contribution < 1.29 is 14.2 Å². The molecule has 178 valence electrons. The van der Waals surface area contributed by atoms with E-state index in [9.17, 15) is 0 Å². The third-order valence-corrected chi connectivity index (χ3v) is 4.33. The second kappa shape index (κ2) is 14.6. The maximum atomic E-state index is 5.78. The first kappa shape index (κ1) is 27.6.